The Hall–Kier alpha value is -0.850. The summed E-state index contributed by atoms with van der Waals surface area (Å²) in [6.07, 6.45) is 0. The number of thiophene rings is 1. The largest absolute Gasteiger partial charge is 0.396 e. The first kappa shape index (κ1) is 12.6. The lowest BCUT2D eigenvalue weighted by atomic mass is 10.2. The molecular formula is C11H14N2O2S2. The van der Waals surface area contributed by atoms with Crippen LogP contribution in [0.5, 0.6) is 0 Å². The van der Waals surface area contributed by atoms with Crippen LogP contribution in [0.25, 0.3) is 10.8 Å². The van der Waals surface area contributed by atoms with Crippen molar-refractivity contribution in [1.82, 2.24) is 10.1 Å². The van der Waals surface area contributed by atoms with Crippen LogP contribution >= 0.6 is 23.1 Å². The maximum atomic E-state index is 8.90. The summed E-state index contributed by atoms with van der Waals surface area (Å²) in [6, 6.07) is 3.92. The summed E-state index contributed by atoms with van der Waals surface area (Å²) >= 11 is 3.29. The fourth-order valence-electron chi connectivity index (χ4n) is 1.22. The summed E-state index contributed by atoms with van der Waals surface area (Å²) in [5, 5.41) is 14.8. The van der Waals surface area contributed by atoms with E-state index in [0.29, 0.717) is 17.6 Å². The van der Waals surface area contributed by atoms with Crippen LogP contribution in [0.3, 0.4) is 0 Å². The van der Waals surface area contributed by atoms with Crippen molar-refractivity contribution >= 4 is 23.1 Å². The highest BCUT2D eigenvalue weighted by Gasteiger charge is 2.09. The Morgan fingerprint density at radius 2 is 2.47 bits per heavy atom. The topological polar surface area (TPSA) is 59.2 Å². The maximum Gasteiger partial charge on any atom is 0.268 e. The van der Waals surface area contributed by atoms with E-state index in [1.54, 1.807) is 23.1 Å². The summed E-state index contributed by atoms with van der Waals surface area (Å²) in [4.78, 5) is 5.32. The molecule has 6 heteroatoms. The van der Waals surface area contributed by atoms with Gasteiger partial charge in [0.1, 0.15) is 0 Å². The van der Waals surface area contributed by atoms with Gasteiger partial charge in [0.2, 0.25) is 0 Å². The number of aliphatic hydroxyl groups is 1. The van der Waals surface area contributed by atoms with Crippen molar-refractivity contribution in [3.05, 3.63) is 23.3 Å². The molecule has 2 rings (SSSR count). The quantitative estimate of drug-likeness (QED) is 0.874. The van der Waals surface area contributed by atoms with E-state index in [1.165, 1.54) is 0 Å². The van der Waals surface area contributed by atoms with Crippen LogP contribution in [0.4, 0.5) is 0 Å². The van der Waals surface area contributed by atoms with Gasteiger partial charge < -0.3 is 9.63 Å². The first-order chi connectivity index (χ1) is 8.29. The van der Waals surface area contributed by atoms with Gasteiger partial charge in [-0.05, 0) is 23.1 Å². The summed E-state index contributed by atoms with van der Waals surface area (Å²) in [6.45, 7) is 2.24. The molecule has 0 radical (unpaired) electrons. The molecule has 2 aromatic heterocycles. The summed E-state index contributed by atoms with van der Waals surface area (Å²) in [5.41, 5.74) is 0. The lowest BCUT2D eigenvalue weighted by Crippen LogP contribution is -2.03. The van der Waals surface area contributed by atoms with Crippen molar-refractivity contribution in [2.45, 2.75) is 12.7 Å². The van der Waals surface area contributed by atoms with E-state index in [9.17, 15) is 0 Å². The fourth-order valence-corrected chi connectivity index (χ4v) is 2.79. The molecule has 17 heavy (non-hydrogen) atoms. The van der Waals surface area contributed by atoms with E-state index >= 15 is 0 Å². The number of nitrogens with zero attached hydrogens (tertiary/aromatic N) is 2. The predicted molar refractivity (Wildman–Crippen MR) is 70.0 cm³/mol. The summed E-state index contributed by atoms with van der Waals surface area (Å²) in [7, 11) is 0. The molecule has 1 N–H and O–H groups in total. The van der Waals surface area contributed by atoms with Gasteiger partial charge in [0.05, 0.1) is 10.6 Å². The van der Waals surface area contributed by atoms with E-state index in [0.717, 1.165) is 16.4 Å². The Kier molecular flexibility index (Phi) is 4.58. The van der Waals surface area contributed by atoms with Gasteiger partial charge in [0.15, 0.2) is 5.82 Å². The zero-order valence-electron chi connectivity index (χ0n) is 9.50. The molecule has 0 bridgehead atoms. The second kappa shape index (κ2) is 6.18. The van der Waals surface area contributed by atoms with E-state index in [2.05, 4.69) is 10.1 Å². The Labute approximate surface area is 108 Å². The van der Waals surface area contributed by atoms with Crippen LogP contribution < -0.4 is 0 Å². The lowest BCUT2D eigenvalue weighted by molar-refractivity contribution is 0.250. The second-order valence-electron chi connectivity index (χ2n) is 3.80. The highest BCUT2D eigenvalue weighted by atomic mass is 32.2. The molecule has 0 fully saturated rings. The Balaban J connectivity index is 1.87. The van der Waals surface area contributed by atoms with Gasteiger partial charge in [-0.1, -0.05) is 18.1 Å². The Morgan fingerprint density at radius 1 is 1.59 bits per heavy atom. The third-order valence-electron chi connectivity index (χ3n) is 2.15. The van der Waals surface area contributed by atoms with E-state index in [1.807, 2.05) is 24.4 Å². The van der Waals surface area contributed by atoms with Crippen molar-refractivity contribution in [2.24, 2.45) is 5.92 Å². The van der Waals surface area contributed by atoms with Crippen molar-refractivity contribution in [3.63, 3.8) is 0 Å². The van der Waals surface area contributed by atoms with Crippen LogP contribution in [-0.2, 0) is 5.75 Å². The standard InChI is InChI=1S/C11H14N2O2S2/c1-8(5-14)6-16-7-10-12-11(15-13-10)9-3-2-4-17-9/h2-4,8,14H,5-7H2,1H3. The number of thioether (sulfide) groups is 1. The molecule has 0 spiro atoms. The van der Waals surface area contributed by atoms with Crippen LogP contribution in [0.2, 0.25) is 0 Å². The van der Waals surface area contributed by atoms with Gasteiger partial charge in [-0.15, -0.1) is 11.3 Å². The van der Waals surface area contributed by atoms with Crippen LogP contribution in [-0.4, -0.2) is 27.6 Å². The monoisotopic (exact) mass is 270 g/mol. The molecule has 2 heterocycles. The lowest BCUT2D eigenvalue weighted by Gasteiger charge is -2.04. The highest BCUT2D eigenvalue weighted by molar-refractivity contribution is 7.98. The average molecular weight is 270 g/mol. The normalized spacial score (nSPS) is 12.8. The van der Waals surface area contributed by atoms with E-state index in [4.69, 9.17) is 9.63 Å². The van der Waals surface area contributed by atoms with Gasteiger partial charge in [-0.25, -0.2) is 0 Å². The van der Waals surface area contributed by atoms with Crippen molar-refractivity contribution in [3.8, 4) is 10.8 Å². The molecule has 0 amide bonds. The zero-order chi connectivity index (χ0) is 12.1. The molecule has 0 aliphatic carbocycles. The average Bonchev–Trinajstić information content (AvgIpc) is 2.98. The molecule has 0 aliphatic rings. The molecule has 92 valence electrons. The third kappa shape index (κ3) is 3.55. The van der Waals surface area contributed by atoms with Crippen molar-refractivity contribution in [1.29, 1.82) is 0 Å². The van der Waals surface area contributed by atoms with Gasteiger partial charge in [-0.3, -0.25) is 0 Å². The first-order valence-corrected chi connectivity index (χ1v) is 7.38. The van der Waals surface area contributed by atoms with E-state index in [-0.39, 0.29) is 6.61 Å². The molecule has 1 atom stereocenters. The van der Waals surface area contributed by atoms with Crippen LogP contribution in [0, 0.1) is 5.92 Å². The van der Waals surface area contributed by atoms with Crippen molar-refractivity contribution < 1.29 is 9.63 Å². The minimum Gasteiger partial charge on any atom is -0.396 e. The maximum absolute atomic E-state index is 8.90. The Bertz CT molecular complexity index is 442. The smallest absolute Gasteiger partial charge is 0.268 e. The van der Waals surface area contributed by atoms with Gasteiger partial charge in [-0.2, -0.15) is 16.7 Å². The second-order valence-corrected chi connectivity index (χ2v) is 5.77. The van der Waals surface area contributed by atoms with Crippen LogP contribution in [0.1, 0.15) is 12.7 Å². The SMILES string of the molecule is CC(CO)CSCc1noc(-c2cccs2)n1. The molecule has 0 aliphatic heterocycles. The van der Waals surface area contributed by atoms with Gasteiger partial charge >= 0.3 is 0 Å². The number of hydrogen-bond donors (Lipinski definition) is 1. The van der Waals surface area contributed by atoms with Gasteiger partial charge in [0, 0.05) is 6.61 Å². The first-order valence-electron chi connectivity index (χ1n) is 5.34. The molecule has 2 aromatic rings. The number of aromatic nitrogens is 2. The Morgan fingerprint density at radius 3 is 3.18 bits per heavy atom. The minimum absolute atomic E-state index is 0.222. The molecular weight excluding hydrogens is 256 g/mol. The van der Waals surface area contributed by atoms with Gasteiger partial charge in [0.25, 0.3) is 5.89 Å². The summed E-state index contributed by atoms with van der Waals surface area (Å²) in [5.74, 6) is 3.23. The molecule has 0 saturated heterocycles. The molecule has 0 aromatic carbocycles. The van der Waals surface area contributed by atoms with E-state index < -0.39 is 0 Å². The molecule has 0 saturated carbocycles. The van der Waals surface area contributed by atoms with Crippen LogP contribution in [0.15, 0.2) is 22.0 Å². The minimum atomic E-state index is 0.222. The fraction of sp³-hybridized carbons (Fsp3) is 0.455. The highest BCUT2D eigenvalue weighted by Crippen LogP contribution is 2.23. The molecule has 4 nitrogen and oxygen atoms in total. The van der Waals surface area contributed by atoms with Crippen molar-refractivity contribution in [2.75, 3.05) is 12.4 Å². The zero-order valence-corrected chi connectivity index (χ0v) is 11.1. The third-order valence-corrected chi connectivity index (χ3v) is 4.27. The predicted octanol–water partition coefficient (Wildman–Crippen LogP) is 2.66. The summed E-state index contributed by atoms with van der Waals surface area (Å²) < 4.78 is 5.18. The number of rotatable bonds is 6. The number of hydrogen-bond acceptors (Lipinski definition) is 6. The number of aliphatic hydroxyl groups excluding tert-OH is 1. The molecule has 1 unspecified atom stereocenters.